The molecule has 0 rings (SSSR count). The van der Waals surface area contributed by atoms with Gasteiger partial charge in [0.15, 0.2) is 6.10 Å². The van der Waals surface area contributed by atoms with Gasteiger partial charge in [0.1, 0.15) is 19.8 Å². The largest absolute Gasteiger partial charge is 0.472 e. The van der Waals surface area contributed by atoms with Gasteiger partial charge < -0.3 is 18.9 Å². The summed E-state index contributed by atoms with van der Waals surface area (Å²) in [4.78, 5) is 35.9. The van der Waals surface area contributed by atoms with Crippen molar-refractivity contribution in [3.63, 3.8) is 0 Å². The first-order valence-electron chi connectivity index (χ1n) is 36.6. The Hall–Kier alpha value is -4.11. The van der Waals surface area contributed by atoms with E-state index in [-0.39, 0.29) is 32.0 Å². The zero-order valence-electron chi connectivity index (χ0n) is 58.6. The number of phosphoric ester groups is 1. The molecule has 0 spiro atoms. The summed E-state index contributed by atoms with van der Waals surface area (Å²) < 4.78 is 34.7. The van der Waals surface area contributed by atoms with E-state index in [1.807, 2.05) is 21.1 Å². The van der Waals surface area contributed by atoms with Crippen LogP contribution in [0.3, 0.4) is 0 Å². The Morgan fingerprint density at radius 2 is 0.633 bits per heavy atom. The lowest BCUT2D eigenvalue weighted by atomic mass is 10.0. The van der Waals surface area contributed by atoms with Gasteiger partial charge in [-0.05, 0) is 122 Å². The van der Waals surface area contributed by atoms with Gasteiger partial charge in [0.2, 0.25) is 0 Å². The zero-order valence-corrected chi connectivity index (χ0v) is 59.5. The van der Waals surface area contributed by atoms with Crippen molar-refractivity contribution in [3.8, 4) is 0 Å². The molecule has 0 fully saturated rings. The van der Waals surface area contributed by atoms with Crippen molar-refractivity contribution in [1.82, 2.24) is 0 Å². The van der Waals surface area contributed by atoms with Crippen LogP contribution >= 0.6 is 7.82 Å². The maximum Gasteiger partial charge on any atom is 0.472 e. The van der Waals surface area contributed by atoms with Crippen molar-refractivity contribution in [2.75, 3.05) is 47.5 Å². The van der Waals surface area contributed by atoms with E-state index in [4.69, 9.17) is 18.5 Å². The average Bonchev–Trinajstić information content (AvgIpc) is 3.58. The van der Waals surface area contributed by atoms with E-state index < -0.39 is 26.5 Å². The van der Waals surface area contributed by atoms with Gasteiger partial charge in [0.05, 0.1) is 27.7 Å². The fraction of sp³-hybridized carbons (Fsp3) is 0.675. The number of allylic oxidation sites excluding steroid dienone is 24. The zero-order chi connectivity index (χ0) is 65.5. The van der Waals surface area contributed by atoms with Gasteiger partial charge in [-0.1, -0.05) is 307 Å². The summed E-state index contributed by atoms with van der Waals surface area (Å²) in [5, 5.41) is 0. The van der Waals surface area contributed by atoms with E-state index in [1.54, 1.807) is 0 Å². The van der Waals surface area contributed by atoms with Crippen molar-refractivity contribution >= 4 is 19.8 Å². The van der Waals surface area contributed by atoms with Crippen LogP contribution in [0.2, 0.25) is 0 Å². The van der Waals surface area contributed by atoms with Crippen molar-refractivity contribution in [3.05, 3.63) is 146 Å². The minimum absolute atomic E-state index is 0.0184. The molecule has 0 aromatic rings. The molecule has 10 heteroatoms. The van der Waals surface area contributed by atoms with Crippen molar-refractivity contribution in [2.24, 2.45) is 0 Å². The highest BCUT2D eigenvalue weighted by Gasteiger charge is 2.27. The van der Waals surface area contributed by atoms with Gasteiger partial charge in [-0.15, -0.1) is 0 Å². The van der Waals surface area contributed by atoms with Gasteiger partial charge in [-0.25, -0.2) is 4.57 Å². The van der Waals surface area contributed by atoms with E-state index in [1.165, 1.54) is 154 Å². The number of rotatable bonds is 66. The number of hydrogen-bond acceptors (Lipinski definition) is 7. The van der Waals surface area contributed by atoms with Gasteiger partial charge in [-0.2, -0.15) is 0 Å². The molecule has 0 aromatic heterocycles. The molecule has 0 saturated carbocycles. The Labute approximate surface area is 554 Å². The Morgan fingerprint density at radius 3 is 0.967 bits per heavy atom. The molecule has 9 nitrogen and oxygen atoms in total. The van der Waals surface area contributed by atoms with E-state index in [2.05, 4.69) is 160 Å². The first-order chi connectivity index (χ1) is 44.0. The van der Waals surface area contributed by atoms with Crippen LogP contribution < -0.4 is 0 Å². The molecule has 0 amide bonds. The highest BCUT2D eigenvalue weighted by Crippen LogP contribution is 2.43. The lowest BCUT2D eigenvalue weighted by Gasteiger charge is -2.24. The Bertz CT molecular complexity index is 2030. The molecule has 2 unspecified atom stereocenters. The third-order valence-electron chi connectivity index (χ3n) is 15.4. The maximum absolute atomic E-state index is 12.9. The normalized spacial score (nSPS) is 14.0. The van der Waals surface area contributed by atoms with Crippen LogP contribution in [0.1, 0.15) is 296 Å². The summed E-state index contributed by atoms with van der Waals surface area (Å²) in [7, 11) is 1.44. The Kier molecular flexibility index (Phi) is 66.1. The molecule has 0 aliphatic heterocycles. The second-order valence-corrected chi connectivity index (χ2v) is 26.7. The van der Waals surface area contributed by atoms with Gasteiger partial charge in [0.25, 0.3) is 0 Å². The number of ether oxygens (including phenoxy) is 2. The van der Waals surface area contributed by atoms with E-state index >= 15 is 0 Å². The minimum atomic E-state index is -4.41. The molecule has 0 radical (unpaired) electrons. The Balaban J connectivity index is 4.15. The van der Waals surface area contributed by atoms with Crippen LogP contribution in [0.25, 0.3) is 0 Å². The second-order valence-electron chi connectivity index (χ2n) is 25.2. The smallest absolute Gasteiger partial charge is 0.462 e. The van der Waals surface area contributed by atoms with Crippen LogP contribution in [-0.4, -0.2) is 74.9 Å². The first kappa shape index (κ1) is 85.9. The first-order valence-corrected chi connectivity index (χ1v) is 38.1. The standard InChI is InChI=1S/C80H136NO8P/c1-6-8-10-12-14-16-18-20-22-24-26-28-30-32-34-36-37-38-39-40-41-42-43-45-47-49-51-53-55-57-59-61-63-65-67-69-71-73-80(83)89-78(77-88-90(84,85)87-75-74-81(3,4)5)76-86-79(82)72-70-68-66-64-62-60-58-56-54-52-50-48-46-44-35-33-31-29-27-25-23-21-19-17-15-13-11-9-7-2/h8,10,14,16,20,22,25-28,32,34,37-38,40-41,43,45,49,51,55,57,61,63,78H,6-7,9,11-13,15,17-19,21,23-24,29-31,33,35-36,39,42,44,46-48,50,52-54,56,58-60,62,64-77H2,1-5H3/p+1/b10-8-,16-14-,22-20-,27-25-,28-26-,34-32-,38-37-,41-40-,45-43-,51-49-,57-55-,63-61-. The third-order valence-corrected chi connectivity index (χ3v) is 16.3. The number of likely N-dealkylation sites (N-methyl/N-ethyl adjacent to an activating group) is 1. The van der Waals surface area contributed by atoms with Crippen LogP contribution in [0.5, 0.6) is 0 Å². The molecule has 0 aliphatic rings. The van der Waals surface area contributed by atoms with E-state index in [0.717, 1.165) is 109 Å². The Morgan fingerprint density at radius 1 is 0.356 bits per heavy atom. The number of esters is 2. The lowest BCUT2D eigenvalue weighted by molar-refractivity contribution is -0.870. The predicted molar refractivity (Wildman–Crippen MR) is 390 cm³/mol. The summed E-state index contributed by atoms with van der Waals surface area (Å²) in [6.07, 6.45) is 102. The molecule has 514 valence electrons. The fourth-order valence-corrected chi connectivity index (χ4v) is 10.5. The lowest BCUT2D eigenvalue weighted by Crippen LogP contribution is -2.37. The molecule has 0 bridgehead atoms. The molecule has 90 heavy (non-hydrogen) atoms. The number of nitrogens with zero attached hydrogens (tertiary/aromatic N) is 1. The van der Waals surface area contributed by atoms with Crippen LogP contribution in [0, 0.1) is 0 Å². The third kappa shape index (κ3) is 72.9. The second kappa shape index (κ2) is 69.2. The SMILES string of the molecule is CC/C=C\C/C=C\C/C=C\C/C=C\C/C=C\C/C=C\C/C=C\C/C=C\C/C=C\C/C=C\C/C=C\CCCCCC(=O)OC(COC(=O)CCCCCCCCCCCCCCCCCCC/C=C\CCCCCCCCCC)COP(=O)(O)OCC[N+](C)(C)C. The van der Waals surface area contributed by atoms with Crippen LogP contribution in [0.15, 0.2) is 146 Å². The average molecular weight is 1270 g/mol. The summed E-state index contributed by atoms with van der Waals surface area (Å²) in [6.45, 7) is 4.29. The fourth-order valence-electron chi connectivity index (χ4n) is 9.78. The number of unbranched alkanes of at least 4 members (excludes halogenated alkanes) is 28. The molecular formula is C80H137NO8P+. The van der Waals surface area contributed by atoms with Crippen molar-refractivity contribution in [1.29, 1.82) is 0 Å². The highest BCUT2D eigenvalue weighted by molar-refractivity contribution is 7.47. The summed E-state index contributed by atoms with van der Waals surface area (Å²) in [5.74, 6) is -0.836. The number of carbonyl (C=O) groups excluding carboxylic acids is 2. The quantitative estimate of drug-likeness (QED) is 0.0211. The molecule has 0 saturated heterocycles. The summed E-state index contributed by atoms with van der Waals surface area (Å²) in [6, 6.07) is 0. The topological polar surface area (TPSA) is 108 Å². The number of carbonyl (C=O) groups is 2. The number of quaternary nitrogens is 1. The number of hydrogen-bond donors (Lipinski definition) is 1. The van der Waals surface area contributed by atoms with Crippen molar-refractivity contribution < 1.29 is 42.1 Å². The van der Waals surface area contributed by atoms with Crippen LogP contribution in [-0.2, 0) is 32.7 Å². The monoisotopic (exact) mass is 1270 g/mol. The molecular weight excluding hydrogens is 1130 g/mol. The van der Waals surface area contributed by atoms with Gasteiger partial charge in [0, 0.05) is 12.8 Å². The summed E-state index contributed by atoms with van der Waals surface area (Å²) in [5.41, 5.74) is 0. The molecule has 2 atom stereocenters. The summed E-state index contributed by atoms with van der Waals surface area (Å²) >= 11 is 0. The maximum atomic E-state index is 12.9. The molecule has 0 aromatic carbocycles. The molecule has 0 heterocycles. The van der Waals surface area contributed by atoms with Gasteiger partial charge >= 0.3 is 19.8 Å². The van der Waals surface area contributed by atoms with Gasteiger partial charge in [-0.3, -0.25) is 18.6 Å². The minimum Gasteiger partial charge on any atom is -0.462 e. The van der Waals surface area contributed by atoms with E-state index in [0.29, 0.717) is 17.4 Å². The van der Waals surface area contributed by atoms with Crippen molar-refractivity contribution in [2.45, 2.75) is 302 Å². The molecule has 1 N–H and O–H groups in total. The predicted octanol–water partition coefficient (Wildman–Crippen LogP) is 24.2. The molecule has 0 aliphatic carbocycles. The van der Waals surface area contributed by atoms with E-state index in [9.17, 15) is 19.0 Å². The number of phosphoric acid groups is 1. The highest BCUT2D eigenvalue weighted by atomic mass is 31.2. The van der Waals surface area contributed by atoms with Crippen LogP contribution in [0.4, 0.5) is 0 Å².